The fourth-order valence-corrected chi connectivity index (χ4v) is 1.61. The Balaban J connectivity index is 2.26. The van der Waals surface area contributed by atoms with Gasteiger partial charge in [0.05, 0.1) is 0 Å². The summed E-state index contributed by atoms with van der Waals surface area (Å²) in [5, 5.41) is 0. The Labute approximate surface area is 109 Å². The Bertz CT molecular complexity index is 334. The van der Waals surface area contributed by atoms with Crippen LogP contribution < -0.4 is 0 Å². The molecule has 18 heavy (non-hydrogen) atoms. The van der Waals surface area contributed by atoms with Crippen LogP contribution in [0.3, 0.4) is 0 Å². The molecule has 0 saturated carbocycles. The number of rotatable bonds is 6. The van der Waals surface area contributed by atoms with Gasteiger partial charge < -0.3 is 14.4 Å². The van der Waals surface area contributed by atoms with Crippen molar-refractivity contribution in [2.24, 2.45) is 11.8 Å². The molecule has 2 atom stereocenters. The summed E-state index contributed by atoms with van der Waals surface area (Å²) in [4.78, 5) is 13.4. The molecule has 0 N–H and O–H groups in total. The summed E-state index contributed by atoms with van der Waals surface area (Å²) >= 11 is 0. The summed E-state index contributed by atoms with van der Waals surface area (Å²) in [6.07, 6.45) is 6.02. The molecule has 0 spiro atoms. The monoisotopic (exact) mass is 253 g/mol. The van der Waals surface area contributed by atoms with Gasteiger partial charge in [-0.25, -0.2) is 4.79 Å². The molecule has 0 radical (unpaired) electrons. The lowest BCUT2D eigenvalue weighted by molar-refractivity contribution is -0.148. The number of carbonyl (C=O) groups excluding carboxylic acids is 1. The largest absolute Gasteiger partial charge is 0.486 e. The summed E-state index contributed by atoms with van der Waals surface area (Å²) < 4.78 is 10.6. The van der Waals surface area contributed by atoms with Gasteiger partial charge in [0.25, 0.3) is 0 Å². The van der Waals surface area contributed by atoms with Crippen molar-refractivity contribution in [1.29, 1.82) is 0 Å². The maximum Gasteiger partial charge on any atom is 0.344 e. The van der Waals surface area contributed by atoms with E-state index in [-0.39, 0.29) is 12.6 Å². The van der Waals surface area contributed by atoms with Gasteiger partial charge in [0.15, 0.2) is 6.61 Å². The predicted octanol–water partition coefficient (Wildman–Crippen LogP) is 1.83. The van der Waals surface area contributed by atoms with E-state index in [1.165, 1.54) is 0 Å². The fraction of sp³-hybridized carbons (Fsp3) is 0.643. The maximum absolute atomic E-state index is 11.4. The zero-order chi connectivity index (χ0) is 13.5. The topological polar surface area (TPSA) is 38.8 Å². The summed E-state index contributed by atoms with van der Waals surface area (Å²) in [6.45, 7) is 5.35. The molecule has 4 heteroatoms. The van der Waals surface area contributed by atoms with E-state index >= 15 is 0 Å². The summed E-state index contributed by atoms with van der Waals surface area (Å²) in [6, 6.07) is 0. The summed E-state index contributed by atoms with van der Waals surface area (Å²) in [5.74, 6) is 1.29. The van der Waals surface area contributed by atoms with Crippen LogP contribution in [0.25, 0.3) is 0 Å². The first kappa shape index (κ1) is 14.8. The second kappa shape index (κ2) is 7.21. The van der Waals surface area contributed by atoms with Crippen LogP contribution in [0.4, 0.5) is 0 Å². The molecule has 1 aliphatic rings. The van der Waals surface area contributed by atoms with E-state index in [1.807, 2.05) is 31.1 Å². The Morgan fingerprint density at radius 2 is 2.11 bits per heavy atom. The van der Waals surface area contributed by atoms with E-state index in [2.05, 4.69) is 19.9 Å². The van der Waals surface area contributed by atoms with Crippen LogP contribution in [0, 0.1) is 11.8 Å². The standard InChI is InChI=1S/C14H23NO3/c1-11-6-5-7-13(12(11)2)18-10-14(16)17-9-8-15(3)4/h5-7,11-12H,8-10H2,1-4H3. The van der Waals surface area contributed by atoms with E-state index in [1.54, 1.807) is 0 Å². The number of nitrogens with zero attached hydrogens (tertiary/aromatic N) is 1. The van der Waals surface area contributed by atoms with Gasteiger partial charge in [-0.15, -0.1) is 0 Å². The van der Waals surface area contributed by atoms with E-state index in [0.717, 1.165) is 12.3 Å². The van der Waals surface area contributed by atoms with E-state index in [4.69, 9.17) is 9.47 Å². The smallest absolute Gasteiger partial charge is 0.344 e. The molecular weight excluding hydrogens is 230 g/mol. The first-order valence-corrected chi connectivity index (χ1v) is 6.32. The molecule has 0 bridgehead atoms. The van der Waals surface area contributed by atoms with Crippen LogP contribution >= 0.6 is 0 Å². The molecule has 0 aromatic heterocycles. The van der Waals surface area contributed by atoms with Gasteiger partial charge in [-0.1, -0.05) is 26.0 Å². The highest BCUT2D eigenvalue weighted by molar-refractivity contribution is 5.70. The number of carbonyl (C=O) groups is 1. The predicted molar refractivity (Wildman–Crippen MR) is 71.0 cm³/mol. The maximum atomic E-state index is 11.4. The second-order valence-corrected chi connectivity index (χ2v) is 4.91. The third-order valence-electron chi connectivity index (χ3n) is 3.07. The highest BCUT2D eigenvalue weighted by Crippen LogP contribution is 2.25. The average Bonchev–Trinajstić information content (AvgIpc) is 2.30. The highest BCUT2D eigenvalue weighted by Gasteiger charge is 2.19. The van der Waals surface area contributed by atoms with Gasteiger partial charge in [0, 0.05) is 12.5 Å². The lowest BCUT2D eigenvalue weighted by Gasteiger charge is -2.23. The van der Waals surface area contributed by atoms with Crippen molar-refractivity contribution in [3.05, 3.63) is 24.0 Å². The minimum absolute atomic E-state index is 0.00976. The Morgan fingerprint density at radius 3 is 2.78 bits per heavy atom. The van der Waals surface area contributed by atoms with E-state index in [0.29, 0.717) is 18.4 Å². The van der Waals surface area contributed by atoms with Gasteiger partial charge in [-0.3, -0.25) is 0 Å². The molecule has 0 heterocycles. The summed E-state index contributed by atoms with van der Waals surface area (Å²) in [7, 11) is 3.87. The van der Waals surface area contributed by atoms with Crippen LogP contribution in [-0.4, -0.2) is 44.7 Å². The van der Waals surface area contributed by atoms with Crippen LogP contribution in [0.15, 0.2) is 24.0 Å². The number of esters is 1. The molecule has 102 valence electrons. The number of hydrogen-bond acceptors (Lipinski definition) is 4. The zero-order valence-corrected chi connectivity index (χ0v) is 11.7. The van der Waals surface area contributed by atoms with Crippen molar-refractivity contribution < 1.29 is 14.3 Å². The molecule has 0 aliphatic heterocycles. The number of likely N-dealkylation sites (N-methyl/N-ethyl adjacent to an activating group) is 1. The van der Waals surface area contributed by atoms with Crippen molar-refractivity contribution in [3.8, 4) is 0 Å². The lowest BCUT2D eigenvalue weighted by Crippen LogP contribution is -2.23. The minimum Gasteiger partial charge on any atom is -0.486 e. The quantitative estimate of drug-likeness (QED) is 0.677. The summed E-state index contributed by atoms with van der Waals surface area (Å²) in [5.41, 5.74) is 0. The van der Waals surface area contributed by atoms with Gasteiger partial charge in [0.2, 0.25) is 0 Å². The fourth-order valence-electron chi connectivity index (χ4n) is 1.61. The van der Waals surface area contributed by atoms with Crippen molar-refractivity contribution in [2.45, 2.75) is 13.8 Å². The molecule has 0 aromatic carbocycles. The Morgan fingerprint density at radius 1 is 1.39 bits per heavy atom. The molecular formula is C14H23NO3. The highest BCUT2D eigenvalue weighted by atomic mass is 16.6. The van der Waals surface area contributed by atoms with Crippen LogP contribution in [-0.2, 0) is 14.3 Å². The first-order valence-electron chi connectivity index (χ1n) is 6.32. The lowest BCUT2D eigenvalue weighted by atomic mass is 9.90. The molecule has 0 fully saturated rings. The molecule has 0 saturated heterocycles. The van der Waals surface area contributed by atoms with Gasteiger partial charge in [0.1, 0.15) is 12.4 Å². The third kappa shape index (κ3) is 4.92. The van der Waals surface area contributed by atoms with Crippen molar-refractivity contribution in [3.63, 3.8) is 0 Å². The first-order chi connectivity index (χ1) is 8.50. The molecule has 0 aromatic rings. The number of allylic oxidation sites excluding steroid dienone is 4. The van der Waals surface area contributed by atoms with E-state index < -0.39 is 0 Å². The van der Waals surface area contributed by atoms with Gasteiger partial charge >= 0.3 is 5.97 Å². The Hall–Kier alpha value is -1.29. The van der Waals surface area contributed by atoms with Gasteiger partial charge in [-0.05, 0) is 26.1 Å². The van der Waals surface area contributed by atoms with Crippen molar-refractivity contribution >= 4 is 5.97 Å². The SMILES string of the molecule is CC1C=CC=C(OCC(=O)OCCN(C)C)C1C. The molecule has 1 rings (SSSR count). The van der Waals surface area contributed by atoms with Gasteiger partial charge in [-0.2, -0.15) is 0 Å². The van der Waals surface area contributed by atoms with Crippen LogP contribution in [0.5, 0.6) is 0 Å². The molecule has 4 nitrogen and oxygen atoms in total. The van der Waals surface area contributed by atoms with Crippen LogP contribution in [0.1, 0.15) is 13.8 Å². The Kier molecular flexibility index (Phi) is 5.92. The third-order valence-corrected chi connectivity index (χ3v) is 3.07. The molecule has 2 unspecified atom stereocenters. The van der Waals surface area contributed by atoms with Crippen molar-refractivity contribution in [2.75, 3.05) is 33.9 Å². The zero-order valence-electron chi connectivity index (χ0n) is 11.7. The minimum atomic E-state index is -0.313. The number of ether oxygens (including phenoxy) is 2. The normalized spacial score (nSPS) is 22.8. The van der Waals surface area contributed by atoms with Crippen LogP contribution in [0.2, 0.25) is 0 Å². The van der Waals surface area contributed by atoms with E-state index in [9.17, 15) is 4.79 Å². The second-order valence-electron chi connectivity index (χ2n) is 4.91. The molecule has 1 aliphatic carbocycles. The average molecular weight is 253 g/mol. The molecule has 0 amide bonds. The van der Waals surface area contributed by atoms with Crippen molar-refractivity contribution in [1.82, 2.24) is 4.90 Å². The number of hydrogen-bond donors (Lipinski definition) is 0.